The van der Waals surface area contributed by atoms with Crippen molar-refractivity contribution >= 4 is 0 Å². The minimum Gasteiger partial charge on any atom is -0.441 e. The average molecular weight is 242 g/mol. The summed E-state index contributed by atoms with van der Waals surface area (Å²) >= 11 is 0. The van der Waals surface area contributed by atoms with Crippen molar-refractivity contribution in [2.24, 2.45) is 11.7 Å². The number of oxazole rings is 1. The van der Waals surface area contributed by atoms with E-state index in [1.54, 1.807) is 0 Å². The zero-order valence-electron chi connectivity index (χ0n) is 10.6. The van der Waals surface area contributed by atoms with E-state index in [-0.39, 0.29) is 0 Å². The largest absolute Gasteiger partial charge is 0.441 e. The number of rotatable bonds is 2. The molecular weight excluding hydrogens is 224 g/mol. The molecule has 1 unspecified atom stereocenters. The van der Waals surface area contributed by atoms with Crippen molar-refractivity contribution in [2.45, 2.75) is 26.2 Å². The smallest absolute Gasteiger partial charge is 0.226 e. The number of hydrogen-bond donors (Lipinski definition) is 1. The van der Waals surface area contributed by atoms with Crippen LogP contribution in [0.2, 0.25) is 0 Å². The van der Waals surface area contributed by atoms with Crippen molar-refractivity contribution in [3.05, 3.63) is 41.3 Å². The molecule has 1 aromatic carbocycles. The molecule has 0 amide bonds. The van der Waals surface area contributed by atoms with Gasteiger partial charge in [0.25, 0.3) is 0 Å². The highest BCUT2D eigenvalue weighted by Gasteiger charge is 2.23. The lowest BCUT2D eigenvalue weighted by molar-refractivity contribution is 0.413. The number of nitrogens with zero attached hydrogens (tertiary/aromatic N) is 1. The van der Waals surface area contributed by atoms with Crippen LogP contribution in [0.5, 0.6) is 0 Å². The van der Waals surface area contributed by atoms with Crippen LogP contribution in [0.15, 0.2) is 28.7 Å². The zero-order valence-corrected chi connectivity index (χ0v) is 10.6. The second kappa shape index (κ2) is 4.58. The minimum atomic E-state index is 0.563. The van der Waals surface area contributed by atoms with Gasteiger partial charge in [-0.2, -0.15) is 0 Å². The zero-order chi connectivity index (χ0) is 12.5. The van der Waals surface area contributed by atoms with Crippen molar-refractivity contribution in [1.29, 1.82) is 0 Å². The number of aryl methyl sites for hydroxylation is 2. The summed E-state index contributed by atoms with van der Waals surface area (Å²) in [7, 11) is 0. The van der Waals surface area contributed by atoms with Crippen LogP contribution in [0, 0.1) is 12.8 Å². The predicted molar refractivity (Wildman–Crippen MR) is 71.2 cm³/mol. The molecule has 3 rings (SSSR count). The van der Waals surface area contributed by atoms with Crippen molar-refractivity contribution in [2.75, 3.05) is 6.54 Å². The van der Waals surface area contributed by atoms with Crippen LogP contribution >= 0.6 is 0 Å². The Kier molecular flexibility index (Phi) is 2.92. The SMILES string of the molecule is Cc1ccc(-c2nc3c(o2)CCC(CN)C3)cc1. The molecule has 0 radical (unpaired) electrons. The van der Waals surface area contributed by atoms with E-state index in [4.69, 9.17) is 10.2 Å². The van der Waals surface area contributed by atoms with Gasteiger partial charge in [-0.05, 0) is 44.4 Å². The third-order valence-electron chi connectivity index (χ3n) is 3.67. The Balaban J connectivity index is 1.91. The fraction of sp³-hybridized carbons (Fsp3) is 0.400. The molecule has 0 spiro atoms. The van der Waals surface area contributed by atoms with E-state index in [2.05, 4.69) is 36.2 Å². The Hall–Kier alpha value is -1.61. The van der Waals surface area contributed by atoms with Gasteiger partial charge in [-0.3, -0.25) is 0 Å². The summed E-state index contributed by atoms with van der Waals surface area (Å²) in [5.74, 6) is 2.36. The normalized spacial score (nSPS) is 18.7. The molecule has 3 nitrogen and oxygen atoms in total. The lowest BCUT2D eigenvalue weighted by atomic mass is 9.90. The lowest BCUT2D eigenvalue weighted by Crippen LogP contribution is -2.21. The molecule has 3 heteroatoms. The van der Waals surface area contributed by atoms with Crippen LogP contribution in [-0.2, 0) is 12.8 Å². The van der Waals surface area contributed by atoms with Crippen LogP contribution in [0.1, 0.15) is 23.4 Å². The van der Waals surface area contributed by atoms with E-state index < -0.39 is 0 Å². The quantitative estimate of drug-likeness (QED) is 0.881. The highest BCUT2D eigenvalue weighted by Crippen LogP contribution is 2.29. The third kappa shape index (κ3) is 2.06. The van der Waals surface area contributed by atoms with E-state index in [1.807, 2.05) is 0 Å². The molecule has 94 valence electrons. The van der Waals surface area contributed by atoms with Gasteiger partial charge in [0.15, 0.2) is 0 Å². The number of fused-ring (bicyclic) bond motifs is 1. The molecule has 0 aliphatic heterocycles. The highest BCUT2D eigenvalue weighted by molar-refractivity contribution is 5.54. The summed E-state index contributed by atoms with van der Waals surface area (Å²) in [4.78, 5) is 4.63. The summed E-state index contributed by atoms with van der Waals surface area (Å²) in [6.07, 6.45) is 3.04. The number of aromatic nitrogens is 1. The van der Waals surface area contributed by atoms with Gasteiger partial charge in [-0.1, -0.05) is 17.7 Å². The first-order valence-electron chi connectivity index (χ1n) is 6.52. The molecule has 1 atom stereocenters. The summed E-state index contributed by atoms with van der Waals surface area (Å²) in [5, 5.41) is 0. The molecule has 0 saturated heterocycles. The Morgan fingerprint density at radius 3 is 2.83 bits per heavy atom. The van der Waals surface area contributed by atoms with Crippen LogP contribution < -0.4 is 5.73 Å². The number of nitrogens with two attached hydrogens (primary N) is 1. The van der Waals surface area contributed by atoms with Crippen LogP contribution in [0.25, 0.3) is 11.5 Å². The van der Waals surface area contributed by atoms with Gasteiger partial charge >= 0.3 is 0 Å². The molecule has 18 heavy (non-hydrogen) atoms. The molecule has 0 bridgehead atoms. The van der Waals surface area contributed by atoms with Gasteiger partial charge in [0.1, 0.15) is 5.76 Å². The molecule has 1 aliphatic carbocycles. The molecule has 0 saturated carbocycles. The summed E-state index contributed by atoms with van der Waals surface area (Å²) in [6.45, 7) is 2.82. The fourth-order valence-electron chi connectivity index (χ4n) is 2.47. The molecule has 1 heterocycles. The first kappa shape index (κ1) is 11.5. The highest BCUT2D eigenvalue weighted by atomic mass is 16.4. The molecule has 0 fully saturated rings. The number of hydrogen-bond acceptors (Lipinski definition) is 3. The average Bonchev–Trinajstić information content (AvgIpc) is 2.82. The van der Waals surface area contributed by atoms with E-state index in [0.717, 1.165) is 48.7 Å². The van der Waals surface area contributed by atoms with Gasteiger partial charge in [-0.15, -0.1) is 0 Å². The molecule has 2 N–H and O–H groups in total. The number of benzene rings is 1. The Labute approximate surface area is 107 Å². The Morgan fingerprint density at radius 1 is 1.33 bits per heavy atom. The molecule has 2 aromatic rings. The lowest BCUT2D eigenvalue weighted by Gasteiger charge is -2.17. The molecule has 1 aromatic heterocycles. The first-order valence-corrected chi connectivity index (χ1v) is 6.52. The third-order valence-corrected chi connectivity index (χ3v) is 3.67. The first-order chi connectivity index (χ1) is 8.76. The van der Waals surface area contributed by atoms with Gasteiger partial charge in [-0.25, -0.2) is 4.98 Å². The molecule has 1 aliphatic rings. The van der Waals surface area contributed by atoms with Crippen LogP contribution in [-0.4, -0.2) is 11.5 Å². The van der Waals surface area contributed by atoms with E-state index in [0.29, 0.717) is 5.92 Å². The maximum absolute atomic E-state index is 5.87. The van der Waals surface area contributed by atoms with Crippen molar-refractivity contribution in [3.63, 3.8) is 0 Å². The topological polar surface area (TPSA) is 52.0 Å². The van der Waals surface area contributed by atoms with Crippen molar-refractivity contribution in [3.8, 4) is 11.5 Å². The van der Waals surface area contributed by atoms with Crippen molar-refractivity contribution in [1.82, 2.24) is 4.98 Å². The summed E-state index contributed by atoms with van der Waals surface area (Å²) in [5.41, 5.74) is 9.14. The standard InChI is InChI=1S/C15H18N2O/c1-10-2-5-12(6-3-10)15-17-13-8-11(9-16)4-7-14(13)18-15/h2-3,5-6,11H,4,7-9,16H2,1H3. The van der Waals surface area contributed by atoms with Gasteiger partial charge in [0.2, 0.25) is 5.89 Å². The predicted octanol–water partition coefficient (Wildman–Crippen LogP) is 2.71. The van der Waals surface area contributed by atoms with Crippen LogP contribution in [0.3, 0.4) is 0 Å². The Morgan fingerprint density at radius 2 is 2.11 bits per heavy atom. The van der Waals surface area contributed by atoms with E-state index in [1.165, 1.54) is 5.56 Å². The van der Waals surface area contributed by atoms with Crippen LogP contribution in [0.4, 0.5) is 0 Å². The molecular formula is C15H18N2O. The maximum Gasteiger partial charge on any atom is 0.226 e. The van der Waals surface area contributed by atoms with Gasteiger partial charge in [0, 0.05) is 12.0 Å². The van der Waals surface area contributed by atoms with E-state index in [9.17, 15) is 0 Å². The summed E-state index contributed by atoms with van der Waals surface area (Å²) < 4.78 is 5.87. The minimum absolute atomic E-state index is 0.563. The second-order valence-corrected chi connectivity index (χ2v) is 5.10. The fourth-order valence-corrected chi connectivity index (χ4v) is 2.47. The Bertz CT molecular complexity index is 542. The van der Waals surface area contributed by atoms with Crippen molar-refractivity contribution < 1.29 is 4.42 Å². The summed E-state index contributed by atoms with van der Waals surface area (Å²) in [6, 6.07) is 8.29. The van der Waals surface area contributed by atoms with E-state index >= 15 is 0 Å². The van der Waals surface area contributed by atoms with Gasteiger partial charge in [0.05, 0.1) is 5.69 Å². The monoisotopic (exact) mass is 242 g/mol. The van der Waals surface area contributed by atoms with Gasteiger partial charge < -0.3 is 10.2 Å². The second-order valence-electron chi connectivity index (χ2n) is 5.10. The maximum atomic E-state index is 5.87.